The van der Waals surface area contributed by atoms with Crippen LogP contribution in [0.25, 0.3) is 0 Å². The normalized spacial score (nSPS) is 12.0. The Labute approximate surface area is 91.2 Å². The molecule has 0 fully saturated rings. The van der Waals surface area contributed by atoms with Crippen molar-refractivity contribution in [2.24, 2.45) is 0 Å². The minimum absolute atomic E-state index is 0.420. The lowest BCUT2D eigenvalue weighted by Gasteiger charge is -2.07. The zero-order valence-corrected chi connectivity index (χ0v) is 9.53. The highest BCUT2D eigenvalue weighted by Crippen LogP contribution is 2.17. The van der Waals surface area contributed by atoms with Gasteiger partial charge < -0.3 is 9.84 Å². The Morgan fingerprint density at radius 3 is 2.40 bits per heavy atom. The number of rotatable bonds is 4. The zero-order chi connectivity index (χ0) is 11.3. The maximum atomic E-state index is 9.31. The minimum Gasteiger partial charge on any atom is -0.490 e. The van der Waals surface area contributed by atoms with E-state index in [9.17, 15) is 5.11 Å². The van der Waals surface area contributed by atoms with Gasteiger partial charge in [-0.2, -0.15) is 0 Å². The van der Waals surface area contributed by atoms with E-state index in [1.807, 2.05) is 44.2 Å². The molecule has 0 saturated carbocycles. The molecular weight excluding hydrogens is 188 g/mol. The lowest BCUT2D eigenvalue weighted by atomic mass is 10.1. The average Bonchev–Trinajstić information content (AvgIpc) is 2.18. The molecule has 1 rings (SSSR count). The predicted octanol–water partition coefficient (Wildman–Crippen LogP) is 3.08. The third-order valence-electron chi connectivity index (χ3n) is 2.10. The maximum absolute atomic E-state index is 9.31. The van der Waals surface area contributed by atoms with E-state index in [1.54, 1.807) is 6.92 Å². The van der Waals surface area contributed by atoms with E-state index in [-0.39, 0.29) is 0 Å². The second kappa shape index (κ2) is 5.56. The molecule has 82 valence electrons. The summed E-state index contributed by atoms with van der Waals surface area (Å²) >= 11 is 0. The van der Waals surface area contributed by atoms with Gasteiger partial charge in [0.1, 0.15) is 12.4 Å². The van der Waals surface area contributed by atoms with Crippen molar-refractivity contribution in [2.45, 2.75) is 26.9 Å². The smallest absolute Gasteiger partial charge is 0.119 e. The van der Waals surface area contributed by atoms with Crippen molar-refractivity contribution >= 4 is 0 Å². The van der Waals surface area contributed by atoms with Gasteiger partial charge in [-0.15, -0.1) is 0 Å². The van der Waals surface area contributed by atoms with Gasteiger partial charge in [0.25, 0.3) is 0 Å². The van der Waals surface area contributed by atoms with E-state index in [2.05, 4.69) is 0 Å². The Hall–Kier alpha value is -1.28. The molecule has 0 aromatic heterocycles. The first-order valence-corrected chi connectivity index (χ1v) is 5.14. The molecule has 0 radical (unpaired) electrons. The van der Waals surface area contributed by atoms with Crippen molar-refractivity contribution in [3.63, 3.8) is 0 Å². The number of aliphatic hydroxyl groups excluding tert-OH is 1. The summed E-state index contributed by atoms with van der Waals surface area (Å²) in [5, 5.41) is 9.31. The molecule has 0 saturated heterocycles. The summed E-state index contributed by atoms with van der Waals surface area (Å²) in [5.41, 5.74) is 2.15. The summed E-state index contributed by atoms with van der Waals surface area (Å²) in [6.07, 6.45) is 1.61. The molecule has 0 unspecified atom stereocenters. The fourth-order valence-electron chi connectivity index (χ4n) is 1.15. The van der Waals surface area contributed by atoms with Crippen LogP contribution in [0, 0.1) is 0 Å². The first-order chi connectivity index (χ1) is 7.09. The molecule has 0 aliphatic carbocycles. The summed E-state index contributed by atoms with van der Waals surface area (Å²) in [6.45, 7) is 6.43. The highest BCUT2D eigenvalue weighted by molar-refractivity contribution is 5.28. The molecule has 0 bridgehead atoms. The molecule has 1 N–H and O–H groups in total. The highest BCUT2D eigenvalue weighted by Gasteiger charge is 1.99. The second-order valence-electron chi connectivity index (χ2n) is 3.84. The Morgan fingerprint density at radius 1 is 1.33 bits per heavy atom. The molecule has 0 aliphatic rings. The van der Waals surface area contributed by atoms with Crippen LogP contribution in [0.15, 0.2) is 35.9 Å². The van der Waals surface area contributed by atoms with Gasteiger partial charge in [0.05, 0.1) is 6.10 Å². The Bertz CT molecular complexity index is 319. The van der Waals surface area contributed by atoms with Gasteiger partial charge in [0.2, 0.25) is 0 Å². The Kier molecular flexibility index (Phi) is 4.37. The Balaban J connectivity index is 2.53. The van der Waals surface area contributed by atoms with Crippen molar-refractivity contribution in [1.82, 2.24) is 0 Å². The van der Waals surface area contributed by atoms with Gasteiger partial charge in [-0.3, -0.25) is 0 Å². The third-order valence-corrected chi connectivity index (χ3v) is 2.10. The largest absolute Gasteiger partial charge is 0.490 e. The summed E-state index contributed by atoms with van der Waals surface area (Å²) in [4.78, 5) is 0. The van der Waals surface area contributed by atoms with Crippen molar-refractivity contribution in [3.05, 3.63) is 41.5 Å². The van der Waals surface area contributed by atoms with Crippen molar-refractivity contribution in [2.75, 3.05) is 6.61 Å². The van der Waals surface area contributed by atoms with Gasteiger partial charge >= 0.3 is 0 Å². The van der Waals surface area contributed by atoms with Crippen LogP contribution in [0.5, 0.6) is 5.75 Å². The Morgan fingerprint density at radius 2 is 1.93 bits per heavy atom. The third kappa shape index (κ3) is 4.17. The molecule has 15 heavy (non-hydrogen) atoms. The van der Waals surface area contributed by atoms with E-state index in [0.29, 0.717) is 6.61 Å². The van der Waals surface area contributed by atoms with Gasteiger partial charge in [-0.05, 0) is 44.5 Å². The van der Waals surface area contributed by atoms with E-state index < -0.39 is 6.10 Å². The summed E-state index contributed by atoms with van der Waals surface area (Å²) in [5.74, 6) is 0.830. The van der Waals surface area contributed by atoms with E-state index in [0.717, 1.165) is 11.3 Å². The summed E-state index contributed by atoms with van der Waals surface area (Å²) < 4.78 is 5.49. The first kappa shape index (κ1) is 11.8. The molecule has 2 nitrogen and oxygen atoms in total. The van der Waals surface area contributed by atoms with Crippen LogP contribution in [-0.4, -0.2) is 11.7 Å². The standard InChI is InChI=1S/C13H18O2/c1-10(2)8-9-15-13-6-4-12(5-7-13)11(3)14/h4-8,11,14H,9H2,1-3H3/t11-/m1/s1. The van der Waals surface area contributed by atoms with Crippen molar-refractivity contribution < 1.29 is 9.84 Å². The molecule has 0 spiro atoms. The van der Waals surface area contributed by atoms with Crippen molar-refractivity contribution in [1.29, 1.82) is 0 Å². The monoisotopic (exact) mass is 206 g/mol. The first-order valence-electron chi connectivity index (χ1n) is 5.14. The van der Waals surface area contributed by atoms with Crippen LogP contribution in [0.1, 0.15) is 32.4 Å². The van der Waals surface area contributed by atoms with Gasteiger partial charge in [0.15, 0.2) is 0 Å². The van der Waals surface area contributed by atoms with E-state index in [4.69, 9.17) is 4.74 Å². The quantitative estimate of drug-likeness (QED) is 0.767. The summed E-state index contributed by atoms with van der Waals surface area (Å²) in [7, 11) is 0. The van der Waals surface area contributed by atoms with E-state index in [1.165, 1.54) is 5.57 Å². The van der Waals surface area contributed by atoms with Crippen LogP contribution >= 0.6 is 0 Å². The number of aliphatic hydroxyl groups is 1. The fourth-order valence-corrected chi connectivity index (χ4v) is 1.15. The molecule has 1 aromatic carbocycles. The number of hydrogen-bond donors (Lipinski definition) is 1. The summed E-state index contributed by atoms with van der Waals surface area (Å²) in [6, 6.07) is 7.51. The van der Waals surface area contributed by atoms with Crippen LogP contribution in [0.4, 0.5) is 0 Å². The van der Waals surface area contributed by atoms with Crippen LogP contribution in [0.3, 0.4) is 0 Å². The van der Waals surface area contributed by atoms with Crippen LogP contribution in [0.2, 0.25) is 0 Å². The fraction of sp³-hybridized carbons (Fsp3) is 0.385. The molecular formula is C13H18O2. The second-order valence-corrected chi connectivity index (χ2v) is 3.84. The molecule has 1 aromatic rings. The van der Waals surface area contributed by atoms with E-state index >= 15 is 0 Å². The number of benzene rings is 1. The SMILES string of the molecule is CC(C)=CCOc1ccc([C@@H](C)O)cc1. The number of hydrogen-bond acceptors (Lipinski definition) is 2. The molecule has 0 amide bonds. The molecule has 0 aliphatic heterocycles. The van der Waals surface area contributed by atoms with Crippen LogP contribution in [-0.2, 0) is 0 Å². The topological polar surface area (TPSA) is 29.5 Å². The highest BCUT2D eigenvalue weighted by atomic mass is 16.5. The molecule has 0 heterocycles. The zero-order valence-electron chi connectivity index (χ0n) is 9.53. The van der Waals surface area contributed by atoms with Crippen LogP contribution < -0.4 is 4.74 Å². The number of allylic oxidation sites excluding steroid dienone is 1. The lowest BCUT2D eigenvalue weighted by molar-refractivity contribution is 0.199. The molecule has 1 atom stereocenters. The lowest BCUT2D eigenvalue weighted by Crippen LogP contribution is -1.95. The minimum atomic E-state index is -0.420. The number of ether oxygens (including phenoxy) is 1. The maximum Gasteiger partial charge on any atom is 0.119 e. The van der Waals surface area contributed by atoms with Gasteiger partial charge in [-0.25, -0.2) is 0 Å². The van der Waals surface area contributed by atoms with Gasteiger partial charge in [-0.1, -0.05) is 17.7 Å². The van der Waals surface area contributed by atoms with Gasteiger partial charge in [0, 0.05) is 0 Å². The molecule has 2 heteroatoms. The average molecular weight is 206 g/mol. The van der Waals surface area contributed by atoms with Crippen molar-refractivity contribution in [3.8, 4) is 5.75 Å². The predicted molar refractivity (Wildman–Crippen MR) is 62.0 cm³/mol.